The summed E-state index contributed by atoms with van der Waals surface area (Å²) in [6.45, 7) is 0. The quantitative estimate of drug-likeness (QED) is 0.714. The van der Waals surface area contributed by atoms with E-state index >= 15 is 0 Å². The van der Waals surface area contributed by atoms with Gasteiger partial charge in [0.15, 0.2) is 4.80 Å². The fourth-order valence-corrected chi connectivity index (χ4v) is 2.47. The van der Waals surface area contributed by atoms with Crippen LogP contribution in [-0.4, -0.2) is 4.98 Å². The van der Waals surface area contributed by atoms with Crippen LogP contribution in [0.5, 0.6) is 0 Å². The molecule has 1 N–H and O–H groups in total. The van der Waals surface area contributed by atoms with E-state index in [2.05, 4.69) is 27.5 Å². The standard InChI is InChI=1S/C15H12N2S/c1-3-7-12(8-4-1)14-11-18-15(17-14)16-13-9-5-2-6-10-13/h1-11H,(H,16,17). The van der Waals surface area contributed by atoms with Gasteiger partial charge in [-0.2, -0.15) is 0 Å². The van der Waals surface area contributed by atoms with Gasteiger partial charge in [0.2, 0.25) is 0 Å². The van der Waals surface area contributed by atoms with E-state index in [1.165, 1.54) is 5.56 Å². The highest BCUT2D eigenvalue weighted by atomic mass is 32.1. The number of rotatable bonds is 2. The van der Waals surface area contributed by atoms with Gasteiger partial charge >= 0.3 is 0 Å². The van der Waals surface area contributed by atoms with Crippen molar-refractivity contribution in [2.75, 3.05) is 0 Å². The second-order valence-corrected chi connectivity index (χ2v) is 4.75. The lowest BCUT2D eigenvalue weighted by molar-refractivity contribution is 1.24. The number of aromatic amines is 1. The number of nitrogens with zero attached hydrogens (tertiary/aromatic N) is 1. The summed E-state index contributed by atoms with van der Waals surface area (Å²) in [6, 6.07) is 20.2. The molecule has 0 bridgehead atoms. The topological polar surface area (TPSA) is 28.1 Å². The van der Waals surface area contributed by atoms with Gasteiger partial charge in [-0.3, -0.25) is 0 Å². The Morgan fingerprint density at radius 1 is 0.833 bits per heavy atom. The number of hydrogen-bond acceptors (Lipinski definition) is 2. The fourth-order valence-electron chi connectivity index (χ4n) is 1.72. The van der Waals surface area contributed by atoms with E-state index in [-0.39, 0.29) is 0 Å². The molecule has 0 amide bonds. The number of nitrogens with one attached hydrogen (secondary N) is 1. The maximum Gasteiger partial charge on any atom is 0.187 e. The SMILES string of the molecule is c1ccc(N=c2[nH]c(-c3ccccc3)cs2)cc1. The minimum atomic E-state index is 0.917. The predicted octanol–water partition coefficient (Wildman–Crippen LogP) is 3.98. The highest BCUT2D eigenvalue weighted by molar-refractivity contribution is 7.07. The molecule has 0 unspecified atom stereocenters. The average Bonchev–Trinajstić information content (AvgIpc) is 2.89. The third kappa shape index (κ3) is 2.41. The molecule has 2 nitrogen and oxygen atoms in total. The Hall–Kier alpha value is -2.13. The normalized spacial score (nSPS) is 11.7. The van der Waals surface area contributed by atoms with Crippen molar-refractivity contribution in [1.29, 1.82) is 0 Å². The molecule has 0 aliphatic rings. The van der Waals surface area contributed by atoms with Crippen LogP contribution in [0.15, 0.2) is 71.0 Å². The maximum atomic E-state index is 4.55. The Balaban J connectivity index is 1.98. The lowest BCUT2D eigenvalue weighted by Gasteiger charge is -1.94. The molecule has 3 rings (SSSR count). The molecular formula is C15H12N2S. The van der Waals surface area contributed by atoms with Gasteiger partial charge in [-0.1, -0.05) is 48.5 Å². The molecular weight excluding hydrogens is 240 g/mol. The van der Waals surface area contributed by atoms with Crippen molar-refractivity contribution in [2.24, 2.45) is 4.99 Å². The number of hydrogen-bond donors (Lipinski definition) is 1. The predicted molar refractivity (Wildman–Crippen MR) is 75.8 cm³/mol. The molecule has 1 aromatic heterocycles. The first-order valence-electron chi connectivity index (χ1n) is 5.75. The van der Waals surface area contributed by atoms with E-state index in [0.717, 1.165) is 16.2 Å². The van der Waals surface area contributed by atoms with E-state index < -0.39 is 0 Å². The summed E-state index contributed by atoms with van der Waals surface area (Å²) in [5, 5.41) is 2.09. The third-order valence-corrected chi connectivity index (χ3v) is 3.37. The highest BCUT2D eigenvalue weighted by Crippen LogP contribution is 2.16. The highest BCUT2D eigenvalue weighted by Gasteiger charge is 1.98. The summed E-state index contributed by atoms with van der Waals surface area (Å²) in [7, 11) is 0. The Labute approximate surface area is 109 Å². The summed E-state index contributed by atoms with van der Waals surface area (Å²) in [6.07, 6.45) is 0. The van der Waals surface area contributed by atoms with E-state index in [9.17, 15) is 0 Å². The Kier molecular flexibility index (Phi) is 3.07. The molecule has 0 aliphatic carbocycles. The third-order valence-electron chi connectivity index (χ3n) is 2.60. The van der Waals surface area contributed by atoms with Crippen LogP contribution in [-0.2, 0) is 0 Å². The summed E-state index contributed by atoms with van der Waals surface area (Å²) < 4.78 is 0. The molecule has 3 heteroatoms. The van der Waals surface area contributed by atoms with Gasteiger partial charge in [0.1, 0.15) is 0 Å². The van der Waals surface area contributed by atoms with Gasteiger partial charge in [0.25, 0.3) is 0 Å². The van der Waals surface area contributed by atoms with Crippen LogP contribution in [0.25, 0.3) is 11.3 Å². The first kappa shape index (κ1) is 11.0. The fraction of sp³-hybridized carbons (Fsp3) is 0. The number of H-pyrrole nitrogens is 1. The molecule has 0 saturated carbocycles. The molecule has 1 heterocycles. The van der Waals surface area contributed by atoms with Crippen LogP contribution >= 0.6 is 11.3 Å². The van der Waals surface area contributed by atoms with Gasteiger partial charge < -0.3 is 4.98 Å². The van der Waals surface area contributed by atoms with Crippen LogP contribution in [0.2, 0.25) is 0 Å². The van der Waals surface area contributed by atoms with E-state index in [0.29, 0.717) is 0 Å². The summed E-state index contributed by atoms with van der Waals surface area (Å²) in [5.74, 6) is 0. The van der Waals surface area contributed by atoms with Crippen molar-refractivity contribution < 1.29 is 0 Å². The van der Waals surface area contributed by atoms with Crippen LogP contribution < -0.4 is 4.80 Å². The largest absolute Gasteiger partial charge is 0.330 e. The molecule has 18 heavy (non-hydrogen) atoms. The van der Waals surface area contributed by atoms with Crippen molar-refractivity contribution >= 4 is 17.0 Å². The number of thiazole rings is 1. The smallest absolute Gasteiger partial charge is 0.187 e. The Morgan fingerprint density at radius 3 is 2.22 bits per heavy atom. The minimum absolute atomic E-state index is 0.917. The number of aromatic nitrogens is 1. The Morgan fingerprint density at radius 2 is 1.50 bits per heavy atom. The van der Waals surface area contributed by atoms with Crippen molar-refractivity contribution in [3.8, 4) is 11.3 Å². The lowest BCUT2D eigenvalue weighted by atomic mass is 10.2. The van der Waals surface area contributed by atoms with Crippen molar-refractivity contribution in [3.63, 3.8) is 0 Å². The molecule has 0 atom stereocenters. The van der Waals surface area contributed by atoms with Crippen molar-refractivity contribution in [3.05, 3.63) is 70.8 Å². The first-order valence-corrected chi connectivity index (χ1v) is 6.63. The van der Waals surface area contributed by atoms with Gasteiger partial charge in [-0.25, -0.2) is 4.99 Å². The average molecular weight is 252 g/mol. The molecule has 2 aromatic carbocycles. The van der Waals surface area contributed by atoms with Gasteiger partial charge in [-0.05, 0) is 17.7 Å². The maximum absolute atomic E-state index is 4.55. The molecule has 0 aliphatic heterocycles. The Bertz CT molecular complexity index is 681. The number of para-hydroxylation sites is 1. The molecule has 0 saturated heterocycles. The summed E-state index contributed by atoms with van der Waals surface area (Å²) in [5.41, 5.74) is 3.26. The molecule has 0 radical (unpaired) electrons. The van der Waals surface area contributed by atoms with Crippen LogP contribution in [0, 0.1) is 0 Å². The molecule has 0 spiro atoms. The zero-order valence-corrected chi connectivity index (χ0v) is 10.5. The zero-order valence-electron chi connectivity index (χ0n) is 9.71. The lowest BCUT2D eigenvalue weighted by Crippen LogP contribution is -1.96. The zero-order chi connectivity index (χ0) is 12.2. The van der Waals surface area contributed by atoms with Crippen LogP contribution in [0.3, 0.4) is 0 Å². The molecule has 88 valence electrons. The van der Waals surface area contributed by atoms with Gasteiger partial charge in [0, 0.05) is 5.38 Å². The van der Waals surface area contributed by atoms with Crippen molar-refractivity contribution in [1.82, 2.24) is 4.98 Å². The van der Waals surface area contributed by atoms with Gasteiger partial charge in [0.05, 0.1) is 11.4 Å². The number of benzene rings is 2. The van der Waals surface area contributed by atoms with Crippen LogP contribution in [0.4, 0.5) is 5.69 Å². The van der Waals surface area contributed by atoms with Crippen LogP contribution in [0.1, 0.15) is 0 Å². The second-order valence-electron chi connectivity index (χ2n) is 3.89. The van der Waals surface area contributed by atoms with E-state index in [1.54, 1.807) is 11.3 Å². The summed E-state index contributed by atoms with van der Waals surface area (Å²) >= 11 is 1.62. The second kappa shape index (κ2) is 5.02. The molecule has 3 aromatic rings. The monoisotopic (exact) mass is 252 g/mol. The van der Waals surface area contributed by atoms with Crippen molar-refractivity contribution in [2.45, 2.75) is 0 Å². The van der Waals surface area contributed by atoms with E-state index in [4.69, 9.17) is 0 Å². The minimum Gasteiger partial charge on any atom is -0.330 e. The molecule has 0 fully saturated rings. The first-order chi connectivity index (χ1) is 8.92. The van der Waals surface area contributed by atoms with E-state index in [1.807, 2.05) is 48.5 Å². The van der Waals surface area contributed by atoms with Gasteiger partial charge in [-0.15, -0.1) is 11.3 Å². The summed E-state index contributed by atoms with van der Waals surface area (Å²) in [4.78, 5) is 8.80.